The van der Waals surface area contributed by atoms with Crippen LogP contribution < -0.4 is 5.73 Å². The second-order valence-electron chi connectivity index (χ2n) is 5.24. The molecule has 7 heteroatoms. The molecule has 0 aliphatic carbocycles. The zero-order valence-electron chi connectivity index (χ0n) is 12.1. The summed E-state index contributed by atoms with van der Waals surface area (Å²) in [5, 5.41) is 3.88. The van der Waals surface area contributed by atoms with Crippen molar-refractivity contribution in [2.45, 2.75) is 33.2 Å². The van der Waals surface area contributed by atoms with Crippen LogP contribution in [-0.4, -0.2) is 32.5 Å². The number of nitrogens with two attached hydrogens (primary N) is 1. The molecule has 1 aliphatic heterocycles. The fourth-order valence-electron chi connectivity index (χ4n) is 2.55. The van der Waals surface area contributed by atoms with Crippen molar-refractivity contribution in [2.75, 3.05) is 12.3 Å². The van der Waals surface area contributed by atoms with Gasteiger partial charge in [-0.2, -0.15) is 0 Å². The number of hydrogen-bond donors (Lipinski definition) is 1. The summed E-state index contributed by atoms with van der Waals surface area (Å²) in [5.41, 5.74) is 9.14. The molecule has 0 aromatic carbocycles. The molecule has 3 heterocycles. The predicted molar refractivity (Wildman–Crippen MR) is 75.2 cm³/mol. The van der Waals surface area contributed by atoms with E-state index in [0.29, 0.717) is 25.3 Å². The van der Waals surface area contributed by atoms with Crippen LogP contribution in [0.4, 0.5) is 5.95 Å². The lowest BCUT2D eigenvalue weighted by Gasteiger charge is -2.28. The summed E-state index contributed by atoms with van der Waals surface area (Å²) in [5.74, 6) is 0.992. The highest BCUT2D eigenvalue weighted by atomic mass is 16.5. The van der Waals surface area contributed by atoms with E-state index in [4.69, 9.17) is 10.3 Å². The Labute approximate surface area is 122 Å². The molecule has 1 amide bonds. The standard InChI is InChI=1S/C14H17N5O2/c1-8-11(9(2)21-18-8)5-13(20)19-4-3-10-6-16-14(15)17-12(10)7-19/h6H,3-5,7H2,1-2H3,(H2,15,16,17). The van der Waals surface area contributed by atoms with Crippen molar-refractivity contribution in [3.8, 4) is 0 Å². The smallest absolute Gasteiger partial charge is 0.227 e. The molecule has 1 aliphatic rings. The average molecular weight is 287 g/mol. The summed E-state index contributed by atoms with van der Waals surface area (Å²) < 4.78 is 5.10. The summed E-state index contributed by atoms with van der Waals surface area (Å²) in [4.78, 5) is 22.4. The monoisotopic (exact) mass is 287 g/mol. The third kappa shape index (κ3) is 2.58. The Bertz CT molecular complexity index is 675. The van der Waals surface area contributed by atoms with E-state index in [2.05, 4.69) is 15.1 Å². The Kier molecular flexibility index (Phi) is 3.32. The van der Waals surface area contributed by atoms with Gasteiger partial charge >= 0.3 is 0 Å². The summed E-state index contributed by atoms with van der Waals surface area (Å²) in [6.45, 7) is 4.81. The molecular weight excluding hydrogens is 270 g/mol. The third-order valence-corrected chi connectivity index (χ3v) is 3.83. The first-order valence-electron chi connectivity index (χ1n) is 6.84. The van der Waals surface area contributed by atoms with Crippen molar-refractivity contribution in [2.24, 2.45) is 0 Å². The van der Waals surface area contributed by atoms with E-state index >= 15 is 0 Å². The van der Waals surface area contributed by atoms with Crippen molar-refractivity contribution in [3.63, 3.8) is 0 Å². The fraction of sp³-hybridized carbons (Fsp3) is 0.429. The molecule has 2 aromatic heterocycles. The number of aromatic nitrogens is 3. The molecule has 0 fully saturated rings. The largest absolute Gasteiger partial charge is 0.368 e. The van der Waals surface area contributed by atoms with E-state index in [1.54, 1.807) is 11.1 Å². The Balaban J connectivity index is 1.75. The van der Waals surface area contributed by atoms with Gasteiger partial charge in [0.15, 0.2) is 0 Å². The number of hydrogen-bond acceptors (Lipinski definition) is 6. The highest BCUT2D eigenvalue weighted by Gasteiger charge is 2.24. The zero-order valence-corrected chi connectivity index (χ0v) is 12.1. The normalized spacial score (nSPS) is 14.1. The Morgan fingerprint density at radius 1 is 1.48 bits per heavy atom. The molecule has 2 aromatic rings. The van der Waals surface area contributed by atoms with E-state index in [9.17, 15) is 4.79 Å². The number of rotatable bonds is 2. The Morgan fingerprint density at radius 3 is 3.00 bits per heavy atom. The van der Waals surface area contributed by atoms with Crippen LogP contribution in [0.3, 0.4) is 0 Å². The third-order valence-electron chi connectivity index (χ3n) is 3.83. The minimum Gasteiger partial charge on any atom is -0.368 e. The van der Waals surface area contributed by atoms with Crippen molar-refractivity contribution in [1.82, 2.24) is 20.0 Å². The fourth-order valence-corrected chi connectivity index (χ4v) is 2.55. The summed E-state index contributed by atoms with van der Waals surface area (Å²) >= 11 is 0. The molecule has 0 saturated heterocycles. The quantitative estimate of drug-likeness (QED) is 0.877. The number of fused-ring (bicyclic) bond motifs is 1. The second-order valence-corrected chi connectivity index (χ2v) is 5.24. The van der Waals surface area contributed by atoms with Gasteiger partial charge in [0, 0.05) is 18.3 Å². The molecule has 0 radical (unpaired) electrons. The molecule has 0 unspecified atom stereocenters. The van der Waals surface area contributed by atoms with Gasteiger partial charge in [-0.15, -0.1) is 0 Å². The molecule has 2 N–H and O–H groups in total. The van der Waals surface area contributed by atoms with E-state index in [-0.39, 0.29) is 11.9 Å². The van der Waals surface area contributed by atoms with E-state index in [0.717, 1.165) is 28.9 Å². The van der Waals surface area contributed by atoms with E-state index < -0.39 is 0 Å². The van der Waals surface area contributed by atoms with Crippen molar-refractivity contribution in [1.29, 1.82) is 0 Å². The highest BCUT2D eigenvalue weighted by molar-refractivity contribution is 5.79. The van der Waals surface area contributed by atoms with Gasteiger partial charge in [-0.25, -0.2) is 9.97 Å². The molecule has 7 nitrogen and oxygen atoms in total. The Hall–Kier alpha value is -2.44. The molecule has 3 rings (SSSR count). The van der Waals surface area contributed by atoms with Gasteiger partial charge in [-0.1, -0.05) is 5.16 Å². The van der Waals surface area contributed by atoms with Crippen molar-refractivity contribution < 1.29 is 9.32 Å². The first-order valence-corrected chi connectivity index (χ1v) is 6.84. The molecule has 0 atom stereocenters. The minimum absolute atomic E-state index is 0.0484. The van der Waals surface area contributed by atoms with Gasteiger partial charge in [0.1, 0.15) is 5.76 Å². The predicted octanol–water partition coefficient (Wildman–Crippen LogP) is 0.791. The van der Waals surface area contributed by atoms with Gasteiger partial charge in [-0.3, -0.25) is 4.79 Å². The number of nitrogens with zero attached hydrogens (tertiary/aromatic N) is 4. The molecular formula is C14H17N5O2. The SMILES string of the molecule is Cc1noc(C)c1CC(=O)N1CCc2cnc(N)nc2C1. The van der Waals surface area contributed by atoms with E-state index in [1.165, 1.54) is 0 Å². The maximum absolute atomic E-state index is 12.4. The van der Waals surface area contributed by atoms with Crippen LogP contribution in [0.1, 0.15) is 28.3 Å². The lowest BCUT2D eigenvalue weighted by atomic mass is 10.0. The number of anilines is 1. The molecule has 0 spiro atoms. The number of carbonyl (C=O) groups is 1. The van der Waals surface area contributed by atoms with Gasteiger partial charge in [0.2, 0.25) is 11.9 Å². The highest BCUT2D eigenvalue weighted by Crippen LogP contribution is 2.19. The molecule has 21 heavy (non-hydrogen) atoms. The van der Waals surface area contributed by atoms with Crippen LogP contribution in [0.25, 0.3) is 0 Å². The lowest BCUT2D eigenvalue weighted by Crippen LogP contribution is -2.37. The minimum atomic E-state index is 0.0484. The number of amides is 1. The van der Waals surface area contributed by atoms with Gasteiger partial charge in [0.25, 0.3) is 0 Å². The summed E-state index contributed by atoms with van der Waals surface area (Å²) in [7, 11) is 0. The van der Waals surface area contributed by atoms with Gasteiger partial charge in [0.05, 0.1) is 24.4 Å². The van der Waals surface area contributed by atoms with Crippen LogP contribution in [0.5, 0.6) is 0 Å². The van der Waals surface area contributed by atoms with Crippen LogP contribution in [0.2, 0.25) is 0 Å². The van der Waals surface area contributed by atoms with Crippen LogP contribution in [0, 0.1) is 13.8 Å². The van der Waals surface area contributed by atoms with E-state index in [1.807, 2.05) is 13.8 Å². The van der Waals surface area contributed by atoms with Gasteiger partial charge < -0.3 is 15.2 Å². The average Bonchev–Trinajstić information content (AvgIpc) is 2.78. The second kappa shape index (κ2) is 5.16. The molecule has 110 valence electrons. The zero-order chi connectivity index (χ0) is 15.0. The number of nitrogen functional groups attached to an aromatic ring is 1. The van der Waals surface area contributed by atoms with Crippen molar-refractivity contribution in [3.05, 3.63) is 34.5 Å². The summed E-state index contributed by atoms with van der Waals surface area (Å²) in [6, 6.07) is 0. The van der Waals surface area contributed by atoms with Crippen LogP contribution >= 0.6 is 0 Å². The first kappa shape index (κ1) is 13.5. The maximum atomic E-state index is 12.4. The van der Waals surface area contributed by atoms with Crippen LogP contribution in [0.15, 0.2) is 10.7 Å². The lowest BCUT2D eigenvalue weighted by molar-refractivity contribution is -0.131. The summed E-state index contributed by atoms with van der Waals surface area (Å²) in [6.07, 6.45) is 2.80. The number of carbonyl (C=O) groups excluding carboxylic acids is 1. The van der Waals surface area contributed by atoms with Gasteiger partial charge in [-0.05, 0) is 25.8 Å². The molecule has 0 saturated carbocycles. The van der Waals surface area contributed by atoms with Crippen molar-refractivity contribution >= 4 is 11.9 Å². The maximum Gasteiger partial charge on any atom is 0.227 e. The molecule has 0 bridgehead atoms. The first-order chi connectivity index (χ1) is 10.0. The van der Waals surface area contributed by atoms with Crippen LogP contribution in [-0.2, 0) is 24.2 Å². The number of aryl methyl sites for hydroxylation is 2. The Morgan fingerprint density at radius 2 is 2.29 bits per heavy atom. The topological polar surface area (TPSA) is 98.1 Å².